The van der Waals surface area contributed by atoms with Gasteiger partial charge in [-0.1, -0.05) is 38.1 Å². The van der Waals surface area contributed by atoms with Crippen molar-refractivity contribution in [2.75, 3.05) is 39.4 Å². The summed E-state index contributed by atoms with van der Waals surface area (Å²) in [5, 5.41) is 10.7. The molecule has 0 saturated carbocycles. The van der Waals surface area contributed by atoms with Crippen LogP contribution in [0.3, 0.4) is 0 Å². The third-order valence-corrected chi connectivity index (χ3v) is 6.34. The van der Waals surface area contributed by atoms with Crippen molar-refractivity contribution in [2.45, 2.75) is 32.2 Å². The Bertz CT molecular complexity index is 972. The number of rotatable bonds is 8. The Kier molecular flexibility index (Phi) is 6.77. The predicted molar refractivity (Wildman–Crippen MR) is 119 cm³/mol. The van der Waals surface area contributed by atoms with Crippen molar-refractivity contribution in [1.82, 2.24) is 4.90 Å². The lowest BCUT2D eigenvalue weighted by Gasteiger charge is -2.28. The van der Waals surface area contributed by atoms with E-state index in [-0.39, 0.29) is 11.3 Å². The molecule has 3 heterocycles. The van der Waals surface area contributed by atoms with E-state index in [1.54, 1.807) is 17.0 Å². The van der Waals surface area contributed by atoms with Crippen LogP contribution in [0.25, 0.3) is 0 Å². The average molecular weight is 440 g/mol. The number of hydrogen-bond donors (Lipinski definition) is 2. The highest BCUT2D eigenvalue weighted by molar-refractivity contribution is 6.15. The fourth-order valence-corrected chi connectivity index (χ4v) is 4.48. The average Bonchev–Trinajstić information content (AvgIpc) is 3.43. The topological polar surface area (TPSA) is 84.4 Å². The van der Waals surface area contributed by atoms with Crippen molar-refractivity contribution in [2.24, 2.45) is 0 Å². The molecule has 2 aliphatic heterocycles. The fraction of sp³-hybridized carbons (Fsp3) is 0.440. The molecule has 0 unspecified atom stereocenters. The Labute approximate surface area is 188 Å². The van der Waals surface area contributed by atoms with Crippen LogP contribution in [0.2, 0.25) is 0 Å². The number of ketones is 1. The van der Waals surface area contributed by atoms with Crippen LogP contribution in [0.5, 0.6) is 0 Å². The van der Waals surface area contributed by atoms with Crippen LogP contribution in [0.4, 0.5) is 0 Å². The minimum absolute atomic E-state index is 0.0842. The maximum atomic E-state index is 13.2. The van der Waals surface area contributed by atoms with Crippen LogP contribution in [-0.4, -0.2) is 61.1 Å². The van der Waals surface area contributed by atoms with E-state index in [0.717, 1.165) is 44.8 Å². The van der Waals surface area contributed by atoms with Gasteiger partial charge in [-0.2, -0.15) is 0 Å². The fourth-order valence-electron chi connectivity index (χ4n) is 4.48. The van der Waals surface area contributed by atoms with Gasteiger partial charge in [0.05, 0.1) is 37.6 Å². The van der Waals surface area contributed by atoms with E-state index in [1.165, 1.54) is 16.7 Å². The summed E-state index contributed by atoms with van der Waals surface area (Å²) in [6, 6.07) is 10.5. The maximum absolute atomic E-state index is 13.2. The molecule has 2 aromatic rings. The third-order valence-electron chi connectivity index (χ3n) is 6.34. The van der Waals surface area contributed by atoms with Crippen LogP contribution < -0.4 is 4.90 Å². The first-order valence-corrected chi connectivity index (χ1v) is 11.3. The molecule has 0 aliphatic carbocycles. The molecule has 0 radical (unpaired) electrons. The van der Waals surface area contributed by atoms with Gasteiger partial charge in [-0.3, -0.25) is 9.59 Å². The van der Waals surface area contributed by atoms with E-state index in [1.807, 2.05) is 24.3 Å². The van der Waals surface area contributed by atoms with Crippen molar-refractivity contribution in [3.63, 3.8) is 0 Å². The summed E-state index contributed by atoms with van der Waals surface area (Å²) in [5.41, 5.74) is 2.06. The zero-order valence-corrected chi connectivity index (χ0v) is 18.7. The molecular weight excluding hydrogens is 408 g/mol. The SMILES string of the molecule is CC(C)c1ccc([C@@H]2C(C(=O)c3ccco3)=C(O)C(=O)N2CCC[NH+]2CCOCC2)cc1. The molecule has 32 heavy (non-hydrogen) atoms. The number of carbonyl (C=O) groups excluding carboxylic acids is 2. The monoisotopic (exact) mass is 439 g/mol. The van der Waals surface area contributed by atoms with Gasteiger partial charge in [0, 0.05) is 13.0 Å². The summed E-state index contributed by atoms with van der Waals surface area (Å²) in [6.07, 6.45) is 2.19. The van der Waals surface area contributed by atoms with Crippen molar-refractivity contribution >= 4 is 11.7 Å². The van der Waals surface area contributed by atoms with E-state index >= 15 is 0 Å². The standard InChI is InChI=1S/C25H30N2O5/c1-17(2)18-6-8-19(9-7-18)22-21(23(28)20-5-3-14-32-20)24(29)25(30)27(22)11-4-10-26-12-15-31-16-13-26/h3,5-9,14,17,22,29H,4,10-13,15-16H2,1-2H3/p+1/t22-/m1/s1. The highest BCUT2D eigenvalue weighted by Gasteiger charge is 2.44. The molecule has 7 heteroatoms. The zero-order valence-electron chi connectivity index (χ0n) is 18.7. The number of nitrogens with one attached hydrogen (secondary N) is 1. The number of ether oxygens (including phenoxy) is 1. The number of morpholine rings is 1. The number of quaternary nitrogens is 1. The molecular formula is C25H31N2O5+. The smallest absolute Gasteiger partial charge is 0.290 e. The summed E-state index contributed by atoms with van der Waals surface area (Å²) in [4.78, 5) is 29.3. The first-order chi connectivity index (χ1) is 15.5. The van der Waals surface area contributed by atoms with Crippen LogP contribution in [0, 0.1) is 0 Å². The molecule has 0 spiro atoms. The second-order valence-corrected chi connectivity index (χ2v) is 8.76. The van der Waals surface area contributed by atoms with E-state index in [4.69, 9.17) is 9.15 Å². The number of amides is 1. The molecule has 2 aliphatic rings. The van der Waals surface area contributed by atoms with E-state index in [2.05, 4.69) is 13.8 Å². The Morgan fingerprint density at radius 1 is 1.19 bits per heavy atom. The molecule has 4 rings (SSSR count). The Balaban J connectivity index is 1.60. The second kappa shape index (κ2) is 9.71. The van der Waals surface area contributed by atoms with Gasteiger partial charge in [-0.05, 0) is 29.2 Å². The second-order valence-electron chi connectivity index (χ2n) is 8.76. The van der Waals surface area contributed by atoms with Gasteiger partial charge in [0.15, 0.2) is 11.5 Å². The predicted octanol–water partition coefficient (Wildman–Crippen LogP) is 2.29. The molecule has 1 saturated heterocycles. The molecule has 1 amide bonds. The molecule has 1 atom stereocenters. The number of aliphatic hydroxyl groups is 1. The minimum atomic E-state index is -0.638. The Morgan fingerprint density at radius 3 is 2.53 bits per heavy atom. The van der Waals surface area contributed by atoms with Gasteiger partial charge < -0.3 is 24.1 Å². The molecule has 0 bridgehead atoms. The van der Waals surface area contributed by atoms with Gasteiger partial charge >= 0.3 is 0 Å². The number of Topliss-reactive ketones (excluding diaryl/α,β-unsaturated/α-hetero) is 1. The van der Waals surface area contributed by atoms with Crippen molar-refractivity contribution < 1.29 is 28.7 Å². The lowest BCUT2D eigenvalue weighted by Crippen LogP contribution is -3.14. The van der Waals surface area contributed by atoms with E-state index < -0.39 is 23.5 Å². The quantitative estimate of drug-likeness (QED) is 0.617. The summed E-state index contributed by atoms with van der Waals surface area (Å²) < 4.78 is 10.7. The minimum Gasteiger partial charge on any atom is -0.503 e. The molecule has 1 fully saturated rings. The lowest BCUT2D eigenvalue weighted by molar-refractivity contribution is -0.908. The molecule has 2 N–H and O–H groups in total. The van der Waals surface area contributed by atoms with Gasteiger partial charge in [-0.15, -0.1) is 0 Å². The summed E-state index contributed by atoms with van der Waals surface area (Å²) in [7, 11) is 0. The highest BCUT2D eigenvalue weighted by atomic mass is 16.5. The Morgan fingerprint density at radius 2 is 1.91 bits per heavy atom. The van der Waals surface area contributed by atoms with Crippen LogP contribution in [-0.2, 0) is 9.53 Å². The summed E-state index contributed by atoms with van der Waals surface area (Å²) >= 11 is 0. The summed E-state index contributed by atoms with van der Waals surface area (Å²) in [6.45, 7) is 9.03. The molecule has 1 aromatic heterocycles. The number of carbonyl (C=O) groups is 2. The zero-order chi connectivity index (χ0) is 22.7. The van der Waals surface area contributed by atoms with Crippen molar-refractivity contribution in [3.8, 4) is 0 Å². The normalized spacial score (nSPS) is 19.9. The van der Waals surface area contributed by atoms with E-state index in [9.17, 15) is 14.7 Å². The first kappa shape index (κ1) is 22.3. The first-order valence-electron chi connectivity index (χ1n) is 11.3. The number of hydrogen-bond acceptors (Lipinski definition) is 5. The van der Waals surface area contributed by atoms with Crippen molar-refractivity contribution in [3.05, 3.63) is 70.9 Å². The maximum Gasteiger partial charge on any atom is 0.290 e. The van der Waals surface area contributed by atoms with Gasteiger partial charge in [0.1, 0.15) is 13.1 Å². The van der Waals surface area contributed by atoms with Crippen molar-refractivity contribution in [1.29, 1.82) is 0 Å². The molecule has 7 nitrogen and oxygen atoms in total. The highest BCUT2D eigenvalue weighted by Crippen LogP contribution is 2.39. The lowest BCUT2D eigenvalue weighted by atomic mass is 9.93. The number of furan rings is 1. The largest absolute Gasteiger partial charge is 0.503 e. The van der Waals surface area contributed by atoms with Crippen LogP contribution >= 0.6 is 0 Å². The number of benzene rings is 1. The number of nitrogens with zero attached hydrogens (tertiary/aromatic N) is 1. The number of aliphatic hydroxyl groups excluding tert-OH is 1. The van der Waals surface area contributed by atoms with Gasteiger partial charge in [-0.25, -0.2) is 0 Å². The third kappa shape index (κ3) is 4.49. The Hall–Kier alpha value is -2.90. The summed E-state index contributed by atoms with van der Waals surface area (Å²) in [5.74, 6) is -0.962. The molecule has 1 aromatic carbocycles. The van der Waals surface area contributed by atoms with Gasteiger partial charge in [0.25, 0.3) is 5.91 Å². The van der Waals surface area contributed by atoms with Crippen LogP contribution in [0.15, 0.2) is 58.4 Å². The van der Waals surface area contributed by atoms with Gasteiger partial charge in [0.2, 0.25) is 5.78 Å². The van der Waals surface area contributed by atoms with Crippen LogP contribution in [0.1, 0.15) is 53.9 Å². The molecule has 170 valence electrons. The van der Waals surface area contributed by atoms with E-state index in [0.29, 0.717) is 12.5 Å².